The summed E-state index contributed by atoms with van der Waals surface area (Å²) in [6, 6.07) is 3.41. The van der Waals surface area contributed by atoms with Crippen molar-refractivity contribution < 1.29 is 9.90 Å². The van der Waals surface area contributed by atoms with Gasteiger partial charge >= 0.3 is 6.09 Å². The predicted octanol–water partition coefficient (Wildman–Crippen LogP) is 3.68. The van der Waals surface area contributed by atoms with E-state index in [0.717, 1.165) is 0 Å². The van der Waals surface area contributed by atoms with Crippen molar-refractivity contribution >= 4 is 34.0 Å². The minimum atomic E-state index is -0.962. The molecule has 0 aromatic carbocycles. The van der Waals surface area contributed by atoms with Crippen LogP contribution in [0.4, 0.5) is 9.80 Å². The molecule has 0 bridgehead atoms. The Hall–Kier alpha value is -0.740. The van der Waals surface area contributed by atoms with E-state index in [-0.39, 0.29) is 0 Å². The lowest BCUT2D eigenvalue weighted by Gasteiger charge is -2.31. The molecule has 0 saturated heterocycles. The van der Waals surface area contributed by atoms with E-state index in [2.05, 4.69) is 0 Å². The first-order valence-corrected chi connectivity index (χ1v) is 5.30. The van der Waals surface area contributed by atoms with Gasteiger partial charge in [0.05, 0.1) is 4.34 Å². The molecular formula is C9H12ClNO2S. The molecule has 1 aromatic heterocycles. The van der Waals surface area contributed by atoms with Gasteiger partial charge in [0, 0.05) is 5.54 Å². The third-order valence-corrected chi connectivity index (χ3v) is 2.86. The quantitative estimate of drug-likeness (QED) is 0.804. The van der Waals surface area contributed by atoms with Gasteiger partial charge in [-0.2, -0.15) is 0 Å². The number of hydrogen-bond acceptors (Lipinski definition) is 2. The molecular weight excluding hydrogens is 222 g/mol. The Bertz CT molecular complexity index is 343. The number of carboxylic acid groups (broad SMARTS) is 1. The SMILES string of the molecule is CC(C)(C)N(C(=O)O)c1ccc(Cl)s1. The van der Waals surface area contributed by atoms with Crippen LogP contribution in [0.5, 0.6) is 0 Å². The largest absolute Gasteiger partial charge is 0.465 e. The summed E-state index contributed by atoms with van der Waals surface area (Å²) in [5, 5.41) is 9.71. The Morgan fingerprint density at radius 1 is 1.50 bits per heavy atom. The van der Waals surface area contributed by atoms with Crippen molar-refractivity contribution in [2.24, 2.45) is 0 Å². The molecule has 1 rings (SSSR count). The molecule has 0 aliphatic carbocycles. The minimum absolute atomic E-state index is 0.458. The van der Waals surface area contributed by atoms with Crippen molar-refractivity contribution in [2.75, 3.05) is 4.90 Å². The van der Waals surface area contributed by atoms with E-state index in [4.69, 9.17) is 16.7 Å². The van der Waals surface area contributed by atoms with Crippen molar-refractivity contribution in [2.45, 2.75) is 26.3 Å². The molecule has 1 amide bonds. The zero-order valence-electron chi connectivity index (χ0n) is 8.24. The second-order valence-electron chi connectivity index (χ2n) is 3.87. The van der Waals surface area contributed by atoms with Gasteiger partial charge in [-0.1, -0.05) is 11.6 Å². The number of carbonyl (C=O) groups is 1. The van der Waals surface area contributed by atoms with Crippen molar-refractivity contribution in [1.29, 1.82) is 0 Å². The summed E-state index contributed by atoms with van der Waals surface area (Å²) in [5.41, 5.74) is -0.458. The van der Waals surface area contributed by atoms with Gasteiger partial charge in [-0.15, -0.1) is 11.3 Å². The van der Waals surface area contributed by atoms with Crippen LogP contribution in [0, 0.1) is 0 Å². The number of hydrogen-bond donors (Lipinski definition) is 1. The van der Waals surface area contributed by atoms with Crippen LogP contribution >= 0.6 is 22.9 Å². The van der Waals surface area contributed by atoms with E-state index in [1.165, 1.54) is 16.2 Å². The number of halogens is 1. The van der Waals surface area contributed by atoms with E-state index < -0.39 is 11.6 Å². The Morgan fingerprint density at radius 3 is 2.36 bits per heavy atom. The summed E-state index contributed by atoms with van der Waals surface area (Å²) in [6.07, 6.45) is -0.962. The van der Waals surface area contributed by atoms with Gasteiger partial charge < -0.3 is 5.11 Å². The number of amides is 1. The highest BCUT2D eigenvalue weighted by Crippen LogP contribution is 2.33. The van der Waals surface area contributed by atoms with Gasteiger partial charge in [0.2, 0.25) is 0 Å². The van der Waals surface area contributed by atoms with E-state index in [1.54, 1.807) is 12.1 Å². The fourth-order valence-electron chi connectivity index (χ4n) is 1.14. The summed E-state index contributed by atoms with van der Waals surface area (Å²) in [6.45, 7) is 5.53. The van der Waals surface area contributed by atoms with E-state index >= 15 is 0 Å². The van der Waals surface area contributed by atoms with Crippen LogP contribution in [0.3, 0.4) is 0 Å². The lowest BCUT2D eigenvalue weighted by molar-refractivity contribution is 0.196. The topological polar surface area (TPSA) is 40.5 Å². The van der Waals surface area contributed by atoms with Crippen molar-refractivity contribution in [3.8, 4) is 0 Å². The van der Waals surface area contributed by atoms with Crippen LogP contribution in [0.15, 0.2) is 12.1 Å². The highest BCUT2D eigenvalue weighted by atomic mass is 35.5. The second kappa shape index (κ2) is 3.79. The highest BCUT2D eigenvalue weighted by molar-refractivity contribution is 7.20. The Labute approximate surface area is 91.9 Å². The van der Waals surface area contributed by atoms with Crippen LogP contribution in [0.1, 0.15) is 20.8 Å². The highest BCUT2D eigenvalue weighted by Gasteiger charge is 2.28. The van der Waals surface area contributed by atoms with Crippen molar-refractivity contribution in [3.63, 3.8) is 0 Å². The Kier molecular flexibility index (Phi) is 3.07. The standard InChI is InChI=1S/C9H12ClNO2S/c1-9(2,3)11(8(12)13)7-5-4-6(10)14-7/h4-5H,1-3H3,(H,12,13). The zero-order valence-corrected chi connectivity index (χ0v) is 9.82. The fraction of sp³-hybridized carbons (Fsp3) is 0.444. The summed E-state index contributed by atoms with van der Waals surface area (Å²) >= 11 is 7.02. The first kappa shape index (κ1) is 11.3. The molecule has 0 fully saturated rings. The maximum atomic E-state index is 11.0. The van der Waals surface area contributed by atoms with Gasteiger partial charge in [0.25, 0.3) is 0 Å². The van der Waals surface area contributed by atoms with Gasteiger partial charge in [-0.25, -0.2) is 4.79 Å². The molecule has 1 aromatic rings. The molecule has 0 radical (unpaired) electrons. The first-order chi connectivity index (χ1) is 6.32. The van der Waals surface area contributed by atoms with Crippen LogP contribution < -0.4 is 4.90 Å². The smallest absolute Gasteiger partial charge is 0.412 e. The summed E-state index contributed by atoms with van der Waals surface area (Å²) in [4.78, 5) is 12.4. The lowest BCUT2D eigenvalue weighted by atomic mass is 10.1. The number of anilines is 1. The maximum absolute atomic E-state index is 11.0. The van der Waals surface area contributed by atoms with Gasteiger partial charge in [0.15, 0.2) is 0 Å². The third-order valence-electron chi connectivity index (χ3n) is 1.64. The molecule has 1 heterocycles. The third kappa shape index (κ3) is 2.39. The number of rotatable bonds is 1. The number of nitrogens with zero attached hydrogens (tertiary/aromatic N) is 1. The van der Waals surface area contributed by atoms with E-state index in [9.17, 15) is 4.79 Å². The molecule has 0 aliphatic rings. The predicted molar refractivity (Wildman–Crippen MR) is 59.6 cm³/mol. The first-order valence-electron chi connectivity index (χ1n) is 4.11. The van der Waals surface area contributed by atoms with Crippen molar-refractivity contribution in [3.05, 3.63) is 16.5 Å². The van der Waals surface area contributed by atoms with Crippen LogP contribution in [-0.2, 0) is 0 Å². The van der Waals surface area contributed by atoms with E-state index in [0.29, 0.717) is 9.34 Å². The fourth-order valence-corrected chi connectivity index (χ4v) is 2.35. The van der Waals surface area contributed by atoms with Crippen molar-refractivity contribution in [1.82, 2.24) is 0 Å². The van der Waals surface area contributed by atoms with Crippen LogP contribution in [-0.4, -0.2) is 16.7 Å². The minimum Gasteiger partial charge on any atom is -0.465 e. The van der Waals surface area contributed by atoms with Crippen LogP contribution in [0.2, 0.25) is 4.34 Å². The molecule has 0 aliphatic heterocycles. The summed E-state index contributed by atoms with van der Waals surface area (Å²) in [7, 11) is 0. The van der Waals surface area contributed by atoms with Gasteiger partial charge in [-0.3, -0.25) is 4.90 Å². The molecule has 3 nitrogen and oxygen atoms in total. The molecule has 0 spiro atoms. The Morgan fingerprint density at radius 2 is 2.07 bits per heavy atom. The summed E-state index contributed by atoms with van der Waals surface area (Å²) in [5.74, 6) is 0. The number of thiophene rings is 1. The van der Waals surface area contributed by atoms with Gasteiger partial charge in [-0.05, 0) is 32.9 Å². The molecule has 0 saturated carbocycles. The van der Waals surface area contributed by atoms with Gasteiger partial charge in [0.1, 0.15) is 5.00 Å². The summed E-state index contributed by atoms with van der Waals surface area (Å²) < 4.78 is 0.593. The zero-order chi connectivity index (χ0) is 10.9. The average Bonchev–Trinajstić information content (AvgIpc) is 2.31. The Balaban J connectivity index is 3.07. The maximum Gasteiger partial charge on any atom is 0.412 e. The second-order valence-corrected chi connectivity index (χ2v) is 5.56. The molecule has 5 heteroatoms. The molecule has 1 N–H and O–H groups in total. The molecule has 14 heavy (non-hydrogen) atoms. The normalized spacial score (nSPS) is 11.4. The molecule has 0 atom stereocenters. The molecule has 0 unspecified atom stereocenters. The monoisotopic (exact) mass is 233 g/mol. The average molecular weight is 234 g/mol. The lowest BCUT2D eigenvalue weighted by Crippen LogP contribution is -2.44. The van der Waals surface area contributed by atoms with E-state index in [1.807, 2.05) is 20.8 Å². The molecule has 78 valence electrons. The van der Waals surface area contributed by atoms with Crippen LogP contribution in [0.25, 0.3) is 0 Å².